The van der Waals surface area contributed by atoms with Gasteiger partial charge in [0.15, 0.2) is 0 Å². The molecule has 7 atom stereocenters. The summed E-state index contributed by atoms with van der Waals surface area (Å²) in [5.74, 6) is -2.06. The maximum absolute atomic E-state index is 14.7. The summed E-state index contributed by atoms with van der Waals surface area (Å²) in [6.07, 6.45) is 6.76. The maximum Gasteiger partial charge on any atom is 0.310 e. The number of ether oxygens (including phenoxy) is 1. The number of allylic oxidation sites excluding steroid dienone is 1. The molecule has 0 radical (unpaired) electrons. The van der Waals surface area contributed by atoms with Crippen LogP contribution >= 0.6 is 11.8 Å². The van der Waals surface area contributed by atoms with Crippen molar-refractivity contribution in [2.45, 2.75) is 81.0 Å². The van der Waals surface area contributed by atoms with Crippen LogP contribution in [-0.4, -0.2) is 74.0 Å². The monoisotopic (exact) mass is 568 g/mol. The number of carbonyl (C=O) groups excluding carboxylic acids is 3. The molecule has 2 amide bonds. The lowest BCUT2D eigenvalue weighted by molar-refractivity contribution is -0.155. The van der Waals surface area contributed by atoms with Crippen molar-refractivity contribution in [3.05, 3.63) is 61.2 Å². The van der Waals surface area contributed by atoms with Crippen LogP contribution in [0.2, 0.25) is 0 Å². The first kappa shape index (κ1) is 30.4. The summed E-state index contributed by atoms with van der Waals surface area (Å²) in [7, 11) is 0. The predicted molar refractivity (Wildman–Crippen MR) is 158 cm³/mol. The first-order chi connectivity index (χ1) is 19.0. The molecule has 1 aromatic rings. The summed E-state index contributed by atoms with van der Waals surface area (Å²) < 4.78 is 4.95. The van der Waals surface area contributed by atoms with Crippen molar-refractivity contribution in [2.75, 3.05) is 19.8 Å². The lowest BCUT2D eigenvalue weighted by Gasteiger charge is -2.45. The Balaban J connectivity index is 1.78. The van der Waals surface area contributed by atoms with Gasteiger partial charge in [-0.3, -0.25) is 14.4 Å². The molecule has 3 aliphatic heterocycles. The van der Waals surface area contributed by atoms with E-state index in [-0.39, 0.29) is 35.6 Å². The van der Waals surface area contributed by atoms with Crippen LogP contribution in [-0.2, 0) is 19.1 Å². The van der Waals surface area contributed by atoms with Crippen LogP contribution in [0.1, 0.15) is 65.0 Å². The Kier molecular flexibility index (Phi) is 9.20. The molecule has 0 aliphatic carbocycles. The van der Waals surface area contributed by atoms with E-state index in [2.05, 4.69) is 20.1 Å². The quantitative estimate of drug-likeness (QED) is 0.222. The summed E-state index contributed by atoms with van der Waals surface area (Å²) in [5, 5.41) is 10.6. The van der Waals surface area contributed by atoms with Crippen molar-refractivity contribution >= 4 is 29.5 Å². The van der Waals surface area contributed by atoms with Crippen LogP contribution < -0.4 is 0 Å². The Hall–Kier alpha value is -2.58. The third-order valence-corrected chi connectivity index (χ3v) is 10.9. The first-order valence-electron chi connectivity index (χ1n) is 14.4. The topological polar surface area (TPSA) is 87.2 Å². The number of likely N-dealkylation sites (tertiary alicyclic amines) is 1. The first-order valence-corrected chi connectivity index (χ1v) is 15.3. The number of benzene rings is 1. The number of rotatable bonds is 12. The highest BCUT2D eigenvalue weighted by molar-refractivity contribution is 8.02. The highest BCUT2D eigenvalue weighted by Crippen LogP contribution is 2.69. The van der Waals surface area contributed by atoms with Crippen molar-refractivity contribution in [3.63, 3.8) is 0 Å². The zero-order chi connectivity index (χ0) is 29.2. The van der Waals surface area contributed by atoms with Gasteiger partial charge in [0.05, 0.1) is 35.8 Å². The van der Waals surface area contributed by atoms with Gasteiger partial charge in [0, 0.05) is 17.3 Å². The molecule has 0 aromatic heterocycles. The SMILES string of the molecule is C=CCCCCOC(=O)[C@@H]1[C@@H]2CC(C)C3(S2)C(C(=O)N(CC=C)C(C)(C)C)N([C@H](CO)c2ccccc2)C(=O)[C@H]13. The molecule has 1 spiro atoms. The Morgan fingerprint density at radius 2 is 1.93 bits per heavy atom. The number of aliphatic hydroxyl groups is 1. The van der Waals surface area contributed by atoms with E-state index in [4.69, 9.17) is 4.74 Å². The molecule has 1 aromatic carbocycles. The van der Waals surface area contributed by atoms with Gasteiger partial charge >= 0.3 is 5.97 Å². The van der Waals surface area contributed by atoms with Gasteiger partial charge in [-0.15, -0.1) is 24.9 Å². The second-order valence-corrected chi connectivity index (χ2v) is 13.8. The van der Waals surface area contributed by atoms with Gasteiger partial charge in [-0.2, -0.15) is 0 Å². The molecular formula is C32H44N2O5S. The minimum Gasteiger partial charge on any atom is -0.465 e. The fourth-order valence-corrected chi connectivity index (χ4v) is 9.39. The fraction of sp³-hybridized carbons (Fsp3) is 0.594. The molecule has 3 unspecified atom stereocenters. The zero-order valence-corrected chi connectivity index (χ0v) is 25.1. The number of aliphatic hydroxyl groups excluding tert-OH is 1. The third kappa shape index (κ3) is 5.13. The van der Waals surface area contributed by atoms with Crippen molar-refractivity contribution in [3.8, 4) is 0 Å². The summed E-state index contributed by atoms with van der Waals surface area (Å²) in [4.78, 5) is 46.2. The van der Waals surface area contributed by atoms with Crippen molar-refractivity contribution in [1.82, 2.24) is 9.80 Å². The van der Waals surface area contributed by atoms with Gasteiger partial charge in [-0.1, -0.05) is 49.4 Å². The normalized spacial score (nSPS) is 29.7. The molecule has 8 heteroatoms. The lowest BCUT2D eigenvalue weighted by Crippen LogP contribution is -2.60. The van der Waals surface area contributed by atoms with E-state index in [1.165, 1.54) is 0 Å². The number of carbonyl (C=O) groups is 3. The molecule has 3 saturated heterocycles. The minimum absolute atomic E-state index is 0.0210. The molecule has 4 rings (SSSR count). The molecule has 3 aliphatic rings. The highest BCUT2D eigenvalue weighted by Gasteiger charge is 2.77. The second-order valence-electron chi connectivity index (χ2n) is 12.3. The smallest absolute Gasteiger partial charge is 0.310 e. The average molecular weight is 569 g/mol. The van der Waals surface area contributed by atoms with E-state index >= 15 is 0 Å². The number of amides is 2. The summed E-state index contributed by atoms with van der Waals surface area (Å²) in [6, 6.07) is 7.80. The van der Waals surface area contributed by atoms with E-state index < -0.39 is 34.2 Å². The van der Waals surface area contributed by atoms with Gasteiger partial charge in [0.1, 0.15) is 6.04 Å². The largest absolute Gasteiger partial charge is 0.465 e. The zero-order valence-electron chi connectivity index (χ0n) is 24.3. The minimum atomic E-state index is -0.836. The van der Waals surface area contributed by atoms with E-state index in [0.29, 0.717) is 13.2 Å². The number of thioether (sulfide) groups is 1. The van der Waals surface area contributed by atoms with E-state index in [1.807, 2.05) is 57.2 Å². The van der Waals surface area contributed by atoms with Gasteiger partial charge < -0.3 is 19.6 Å². The Bertz CT molecular complexity index is 1120. The Morgan fingerprint density at radius 3 is 2.52 bits per heavy atom. The van der Waals surface area contributed by atoms with Gasteiger partial charge in [-0.05, 0) is 57.9 Å². The van der Waals surface area contributed by atoms with Crippen molar-refractivity contribution in [1.29, 1.82) is 0 Å². The van der Waals surface area contributed by atoms with Gasteiger partial charge in [0.25, 0.3) is 0 Å². The van der Waals surface area contributed by atoms with Crippen molar-refractivity contribution < 1.29 is 24.2 Å². The van der Waals surface area contributed by atoms with Crippen LogP contribution in [0.4, 0.5) is 0 Å². The number of hydrogen-bond acceptors (Lipinski definition) is 6. The second kappa shape index (κ2) is 12.1. The molecule has 40 heavy (non-hydrogen) atoms. The number of fused-ring (bicyclic) bond motifs is 1. The fourth-order valence-electron chi connectivity index (χ4n) is 7.00. The third-order valence-electron chi connectivity index (χ3n) is 8.82. The summed E-state index contributed by atoms with van der Waals surface area (Å²) in [6.45, 7) is 15.9. The molecule has 3 fully saturated rings. The lowest BCUT2D eigenvalue weighted by atomic mass is 9.66. The molecule has 0 saturated carbocycles. The standard InChI is InChI=1S/C32H44N2O5S/c1-7-9-10-14-18-39-30(38)25-24-19-21(3)32(40-24)26(25)28(36)34(23(20-35)22-15-12-11-13-16-22)27(32)29(37)33(17-8-2)31(4,5)6/h7-8,11-13,15-16,21,23-27,35H,1-2,9-10,14,17-20H2,3-6H3/t21?,23-,24+,25-,26+,27?,32?/m1/s1. The Labute approximate surface area is 243 Å². The van der Waals surface area contributed by atoms with E-state index in [0.717, 1.165) is 31.2 Å². The maximum atomic E-state index is 14.7. The Morgan fingerprint density at radius 1 is 1.23 bits per heavy atom. The van der Waals surface area contributed by atoms with Crippen LogP contribution in [0, 0.1) is 17.8 Å². The number of esters is 1. The van der Waals surface area contributed by atoms with Crippen LogP contribution in [0.3, 0.4) is 0 Å². The average Bonchev–Trinajstić information content (AvgIpc) is 3.51. The molecule has 218 valence electrons. The molecular weight excluding hydrogens is 524 g/mol. The number of unbranched alkanes of at least 4 members (excludes halogenated alkanes) is 2. The summed E-state index contributed by atoms with van der Waals surface area (Å²) >= 11 is 1.62. The van der Waals surface area contributed by atoms with Crippen LogP contribution in [0.15, 0.2) is 55.6 Å². The number of hydrogen-bond donors (Lipinski definition) is 1. The molecule has 1 N–H and O–H groups in total. The van der Waals surface area contributed by atoms with E-state index in [1.54, 1.807) is 27.6 Å². The molecule has 3 heterocycles. The van der Waals surface area contributed by atoms with Crippen LogP contribution in [0.5, 0.6) is 0 Å². The highest BCUT2D eigenvalue weighted by atomic mass is 32.2. The molecule has 2 bridgehead atoms. The van der Waals surface area contributed by atoms with Gasteiger partial charge in [0.2, 0.25) is 11.8 Å². The summed E-state index contributed by atoms with van der Waals surface area (Å²) in [5.41, 5.74) is 0.233. The molecule has 7 nitrogen and oxygen atoms in total. The predicted octanol–water partition coefficient (Wildman–Crippen LogP) is 4.77. The van der Waals surface area contributed by atoms with Gasteiger partial charge in [-0.25, -0.2) is 0 Å². The van der Waals surface area contributed by atoms with Crippen molar-refractivity contribution in [2.24, 2.45) is 17.8 Å². The van der Waals surface area contributed by atoms with Crippen LogP contribution in [0.25, 0.3) is 0 Å². The van der Waals surface area contributed by atoms with E-state index in [9.17, 15) is 19.5 Å². The number of nitrogens with zero attached hydrogens (tertiary/aromatic N) is 2.